The van der Waals surface area contributed by atoms with Crippen LogP contribution in [0.15, 0.2) is 36.1 Å². The highest BCUT2D eigenvalue weighted by molar-refractivity contribution is 5.67. The first-order valence-electron chi connectivity index (χ1n) is 7.12. The summed E-state index contributed by atoms with van der Waals surface area (Å²) in [4.78, 5) is 11.3. The predicted molar refractivity (Wildman–Crippen MR) is 80.8 cm³/mol. The molecule has 0 heterocycles. The molecule has 0 aliphatic rings. The van der Waals surface area contributed by atoms with Gasteiger partial charge in [-0.1, -0.05) is 38.0 Å². The third-order valence-corrected chi connectivity index (χ3v) is 2.68. The van der Waals surface area contributed by atoms with Crippen molar-refractivity contribution in [2.45, 2.75) is 39.5 Å². The van der Waals surface area contributed by atoms with E-state index in [0.717, 1.165) is 12.0 Å². The zero-order valence-corrected chi connectivity index (χ0v) is 12.2. The number of rotatable bonds is 7. The lowest BCUT2D eigenvalue weighted by molar-refractivity contribution is 0.104. The molecular formula is C17H22O3. The van der Waals surface area contributed by atoms with Crippen molar-refractivity contribution in [3.63, 3.8) is 0 Å². The summed E-state index contributed by atoms with van der Waals surface area (Å²) >= 11 is 0. The smallest absolute Gasteiger partial charge is 0.434 e. The summed E-state index contributed by atoms with van der Waals surface area (Å²) in [5, 5.41) is 0. The SMILES string of the molecule is CCCCCC=C=Cc1ccccc1OC(=O)OCC. The molecule has 1 aromatic carbocycles. The van der Waals surface area contributed by atoms with Gasteiger partial charge < -0.3 is 9.47 Å². The van der Waals surface area contributed by atoms with Crippen LogP contribution < -0.4 is 4.74 Å². The minimum atomic E-state index is -0.680. The van der Waals surface area contributed by atoms with Crippen LogP contribution in [0.2, 0.25) is 0 Å². The van der Waals surface area contributed by atoms with E-state index in [1.54, 1.807) is 13.0 Å². The highest BCUT2D eigenvalue weighted by atomic mass is 16.7. The van der Waals surface area contributed by atoms with Gasteiger partial charge in [0.25, 0.3) is 0 Å². The van der Waals surface area contributed by atoms with Crippen molar-refractivity contribution in [2.24, 2.45) is 0 Å². The molecule has 0 bridgehead atoms. The quantitative estimate of drug-likeness (QED) is 0.305. The van der Waals surface area contributed by atoms with Gasteiger partial charge in [0.15, 0.2) is 0 Å². The molecule has 1 rings (SSSR count). The van der Waals surface area contributed by atoms with E-state index in [0.29, 0.717) is 12.4 Å². The van der Waals surface area contributed by atoms with E-state index in [2.05, 4.69) is 12.7 Å². The fourth-order valence-corrected chi connectivity index (χ4v) is 1.66. The number of hydrogen-bond acceptors (Lipinski definition) is 3. The molecule has 0 saturated carbocycles. The van der Waals surface area contributed by atoms with Gasteiger partial charge in [0.2, 0.25) is 0 Å². The van der Waals surface area contributed by atoms with Crippen molar-refractivity contribution < 1.29 is 14.3 Å². The Kier molecular flexibility index (Phi) is 7.93. The number of para-hydroxylation sites is 1. The number of carbonyl (C=O) groups excluding carboxylic acids is 1. The fourth-order valence-electron chi connectivity index (χ4n) is 1.66. The lowest BCUT2D eigenvalue weighted by Gasteiger charge is -2.06. The molecule has 0 atom stereocenters. The van der Waals surface area contributed by atoms with Crippen molar-refractivity contribution in [3.05, 3.63) is 41.6 Å². The molecule has 0 aliphatic carbocycles. The summed E-state index contributed by atoms with van der Waals surface area (Å²) in [5.74, 6) is 0.486. The first-order chi connectivity index (χ1) is 9.77. The summed E-state index contributed by atoms with van der Waals surface area (Å²) in [6.07, 6.45) is 7.80. The molecule has 108 valence electrons. The monoisotopic (exact) mass is 274 g/mol. The Hall–Kier alpha value is -1.99. The van der Waals surface area contributed by atoms with Crippen LogP contribution in [0.25, 0.3) is 6.08 Å². The largest absolute Gasteiger partial charge is 0.513 e. The van der Waals surface area contributed by atoms with Gasteiger partial charge in [-0.05, 0) is 38.0 Å². The molecule has 0 saturated heterocycles. The molecule has 1 aromatic rings. The normalized spacial score (nSPS) is 9.50. The van der Waals surface area contributed by atoms with Gasteiger partial charge >= 0.3 is 6.16 Å². The van der Waals surface area contributed by atoms with E-state index in [9.17, 15) is 4.79 Å². The first-order valence-corrected chi connectivity index (χ1v) is 7.12. The minimum absolute atomic E-state index is 0.300. The summed E-state index contributed by atoms with van der Waals surface area (Å²) in [6, 6.07) is 7.32. The van der Waals surface area contributed by atoms with Crippen molar-refractivity contribution in [2.75, 3.05) is 6.61 Å². The predicted octanol–water partition coefficient (Wildman–Crippen LogP) is 4.97. The molecule has 0 unspecified atom stereocenters. The summed E-state index contributed by atoms with van der Waals surface area (Å²) in [5.41, 5.74) is 3.94. The number of unbranched alkanes of at least 4 members (excludes halogenated alkanes) is 3. The molecule has 0 radical (unpaired) electrons. The van der Waals surface area contributed by atoms with Gasteiger partial charge in [-0.2, -0.15) is 0 Å². The van der Waals surface area contributed by atoms with Crippen molar-refractivity contribution in [1.29, 1.82) is 0 Å². The second kappa shape index (κ2) is 9.88. The van der Waals surface area contributed by atoms with Gasteiger partial charge in [-0.3, -0.25) is 0 Å². The Bertz CT molecular complexity index is 471. The van der Waals surface area contributed by atoms with E-state index >= 15 is 0 Å². The minimum Gasteiger partial charge on any atom is -0.434 e. The van der Waals surface area contributed by atoms with Gasteiger partial charge in [0, 0.05) is 5.56 Å². The Balaban J connectivity index is 2.65. The number of hydrogen-bond donors (Lipinski definition) is 0. The number of carbonyl (C=O) groups is 1. The Labute approximate surface area is 120 Å². The van der Waals surface area contributed by atoms with Crippen LogP contribution >= 0.6 is 0 Å². The Morgan fingerprint density at radius 2 is 2.05 bits per heavy atom. The topological polar surface area (TPSA) is 35.5 Å². The standard InChI is InChI=1S/C17H22O3/c1-3-5-6-7-8-9-12-15-13-10-11-14-16(15)20-17(18)19-4-2/h8,10-14H,3-7H2,1-2H3. The summed E-state index contributed by atoms with van der Waals surface area (Å²) in [7, 11) is 0. The average Bonchev–Trinajstić information content (AvgIpc) is 2.44. The third kappa shape index (κ3) is 6.26. The van der Waals surface area contributed by atoms with Crippen LogP contribution in [-0.2, 0) is 4.74 Å². The highest BCUT2D eigenvalue weighted by Crippen LogP contribution is 2.19. The molecule has 3 heteroatoms. The van der Waals surface area contributed by atoms with E-state index in [4.69, 9.17) is 9.47 Å². The molecule has 0 aliphatic heterocycles. The van der Waals surface area contributed by atoms with Crippen LogP contribution in [-0.4, -0.2) is 12.8 Å². The molecule has 0 aromatic heterocycles. The van der Waals surface area contributed by atoms with Gasteiger partial charge in [0.05, 0.1) is 6.61 Å². The molecule has 0 fully saturated rings. The van der Waals surface area contributed by atoms with Gasteiger partial charge in [-0.15, -0.1) is 5.73 Å². The van der Waals surface area contributed by atoms with Crippen LogP contribution in [0.5, 0.6) is 5.75 Å². The van der Waals surface area contributed by atoms with Gasteiger partial charge in [-0.25, -0.2) is 4.79 Å². The van der Waals surface area contributed by atoms with Crippen molar-refractivity contribution in [1.82, 2.24) is 0 Å². The number of allylic oxidation sites excluding steroid dienone is 1. The van der Waals surface area contributed by atoms with Crippen molar-refractivity contribution >= 4 is 12.2 Å². The maximum absolute atomic E-state index is 11.3. The first kappa shape index (κ1) is 16.1. The Morgan fingerprint density at radius 3 is 2.80 bits per heavy atom. The molecular weight excluding hydrogens is 252 g/mol. The third-order valence-electron chi connectivity index (χ3n) is 2.68. The van der Waals surface area contributed by atoms with Crippen LogP contribution in [0.4, 0.5) is 4.79 Å². The Morgan fingerprint density at radius 1 is 1.25 bits per heavy atom. The highest BCUT2D eigenvalue weighted by Gasteiger charge is 2.07. The van der Waals surface area contributed by atoms with Crippen molar-refractivity contribution in [3.8, 4) is 5.75 Å². The van der Waals surface area contributed by atoms with Crippen LogP contribution in [0.3, 0.4) is 0 Å². The maximum Gasteiger partial charge on any atom is 0.513 e. The fraction of sp³-hybridized carbons (Fsp3) is 0.412. The zero-order chi connectivity index (χ0) is 14.6. The molecule has 20 heavy (non-hydrogen) atoms. The molecule has 0 amide bonds. The second-order valence-corrected chi connectivity index (χ2v) is 4.33. The van der Waals surface area contributed by atoms with E-state index < -0.39 is 6.16 Å². The number of ether oxygens (including phenoxy) is 2. The van der Waals surface area contributed by atoms with E-state index in [1.807, 2.05) is 30.4 Å². The maximum atomic E-state index is 11.3. The van der Waals surface area contributed by atoms with Gasteiger partial charge in [0.1, 0.15) is 5.75 Å². The summed E-state index contributed by atoms with van der Waals surface area (Å²) in [6.45, 7) is 4.23. The van der Waals surface area contributed by atoms with E-state index in [1.165, 1.54) is 19.3 Å². The lowest BCUT2D eigenvalue weighted by atomic mass is 10.2. The van der Waals surface area contributed by atoms with Crippen LogP contribution in [0.1, 0.15) is 45.1 Å². The zero-order valence-electron chi connectivity index (χ0n) is 12.2. The molecule has 3 nitrogen and oxygen atoms in total. The molecule has 0 N–H and O–H groups in total. The average molecular weight is 274 g/mol. The van der Waals surface area contributed by atoms with Crippen LogP contribution in [0, 0.1) is 0 Å². The number of benzene rings is 1. The lowest BCUT2D eigenvalue weighted by Crippen LogP contribution is -2.10. The van der Waals surface area contributed by atoms with E-state index in [-0.39, 0.29) is 0 Å². The summed E-state index contributed by atoms with van der Waals surface area (Å²) < 4.78 is 9.90. The second-order valence-electron chi connectivity index (χ2n) is 4.33. The molecule has 0 spiro atoms.